The van der Waals surface area contributed by atoms with E-state index in [4.69, 9.17) is 4.74 Å². The standard InChI is InChI=1S/C11H21N3O3/c1-4-6-17-8-10(15)7-13-9(3)14-11(16)12-5-2/h4-5,9-10,13,15H,1,6-8H2,2-3H3,(H,14,16). The van der Waals surface area contributed by atoms with Crippen LogP contribution in [0.4, 0.5) is 4.79 Å². The van der Waals surface area contributed by atoms with Crippen LogP contribution in [0.2, 0.25) is 0 Å². The fourth-order valence-corrected chi connectivity index (χ4v) is 1.05. The molecule has 0 spiro atoms. The van der Waals surface area contributed by atoms with E-state index in [9.17, 15) is 9.90 Å². The van der Waals surface area contributed by atoms with E-state index in [2.05, 4.69) is 22.2 Å². The Bertz CT molecular complexity index is 256. The van der Waals surface area contributed by atoms with E-state index < -0.39 is 12.1 Å². The molecule has 0 fully saturated rings. The van der Waals surface area contributed by atoms with E-state index in [1.807, 2.05) is 0 Å². The molecule has 17 heavy (non-hydrogen) atoms. The molecule has 0 aliphatic rings. The van der Waals surface area contributed by atoms with E-state index in [0.717, 1.165) is 0 Å². The number of urea groups is 1. The number of hydrogen-bond donors (Lipinski definition) is 3. The Balaban J connectivity index is 3.64. The minimum absolute atomic E-state index is 0.229. The SMILES string of the molecule is C=CCOCC(O)CNC(C)NC(=O)N=CC. The summed E-state index contributed by atoms with van der Waals surface area (Å²) in [5.41, 5.74) is 0. The molecule has 98 valence electrons. The first-order valence-corrected chi connectivity index (χ1v) is 5.49. The molecule has 0 saturated heterocycles. The van der Waals surface area contributed by atoms with E-state index in [0.29, 0.717) is 13.2 Å². The molecule has 2 atom stereocenters. The minimum atomic E-state index is -0.621. The van der Waals surface area contributed by atoms with Crippen LogP contribution in [0.15, 0.2) is 17.6 Å². The highest BCUT2D eigenvalue weighted by Crippen LogP contribution is 1.86. The lowest BCUT2D eigenvalue weighted by atomic mass is 10.3. The van der Waals surface area contributed by atoms with E-state index >= 15 is 0 Å². The Labute approximate surface area is 102 Å². The molecule has 0 radical (unpaired) electrons. The Morgan fingerprint density at radius 3 is 2.94 bits per heavy atom. The zero-order valence-electron chi connectivity index (χ0n) is 10.3. The number of aliphatic hydroxyl groups excluding tert-OH is 1. The maximum Gasteiger partial charge on any atom is 0.341 e. The summed E-state index contributed by atoms with van der Waals surface area (Å²) in [6.07, 6.45) is 2.15. The molecule has 0 heterocycles. The van der Waals surface area contributed by atoms with Crippen molar-refractivity contribution in [1.82, 2.24) is 10.6 Å². The van der Waals surface area contributed by atoms with Gasteiger partial charge in [-0.2, -0.15) is 0 Å². The lowest BCUT2D eigenvalue weighted by Crippen LogP contribution is -2.45. The topological polar surface area (TPSA) is 83.0 Å². The number of amides is 2. The molecule has 0 aliphatic carbocycles. The number of hydrogen-bond acceptors (Lipinski definition) is 4. The zero-order valence-corrected chi connectivity index (χ0v) is 10.3. The molecular formula is C11H21N3O3. The summed E-state index contributed by atoms with van der Waals surface area (Å²) in [7, 11) is 0. The van der Waals surface area contributed by atoms with Gasteiger partial charge in [0, 0.05) is 12.8 Å². The third-order valence-electron chi connectivity index (χ3n) is 1.79. The molecular weight excluding hydrogens is 222 g/mol. The lowest BCUT2D eigenvalue weighted by Gasteiger charge is -2.17. The number of aliphatic imine (C=N–C) groups is 1. The maximum absolute atomic E-state index is 11.1. The third kappa shape index (κ3) is 9.68. The number of nitrogens with one attached hydrogen (secondary N) is 2. The minimum Gasteiger partial charge on any atom is -0.389 e. The highest BCUT2D eigenvalue weighted by molar-refractivity contribution is 5.82. The predicted octanol–water partition coefficient (Wildman–Crippen LogP) is 0.286. The summed E-state index contributed by atoms with van der Waals surface area (Å²) in [6, 6.07) is -0.412. The molecule has 0 bridgehead atoms. The van der Waals surface area contributed by atoms with Gasteiger partial charge in [0.1, 0.15) is 0 Å². The maximum atomic E-state index is 11.1. The number of rotatable bonds is 8. The second kappa shape index (κ2) is 9.95. The van der Waals surface area contributed by atoms with Gasteiger partial charge in [-0.1, -0.05) is 6.08 Å². The quantitative estimate of drug-likeness (QED) is 0.247. The van der Waals surface area contributed by atoms with Crippen LogP contribution in [0, 0.1) is 0 Å². The molecule has 6 heteroatoms. The van der Waals surface area contributed by atoms with Gasteiger partial charge < -0.3 is 15.2 Å². The van der Waals surface area contributed by atoms with Crippen molar-refractivity contribution in [2.45, 2.75) is 26.1 Å². The number of aliphatic hydroxyl groups is 1. The molecule has 6 nitrogen and oxygen atoms in total. The molecule has 0 aromatic heterocycles. The monoisotopic (exact) mass is 243 g/mol. The largest absolute Gasteiger partial charge is 0.389 e. The van der Waals surface area contributed by atoms with Crippen molar-refractivity contribution in [3.8, 4) is 0 Å². The summed E-state index contributed by atoms with van der Waals surface area (Å²) < 4.78 is 5.08. The van der Waals surface area contributed by atoms with Gasteiger partial charge in [-0.3, -0.25) is 5.32 Å². The first kappa shape index (κ1) is 15.8. The first-order valence-electron chi connectivity index (χ1n) is 5.49. The molecule has 0 aromatic carbocycles. The van der Waals surface area contributed by atoms with Gasteiger partial charge in [0.05, 0.1) is 25.5 Å². The smallest absolute Gasteiger partial charge is 0.341 e. The summed E-state index contributed by atoms with van der Waals surface area (Å²) in [5.74, 6) is 0. The Morgan fingerprint density at radius 1 is 1.65 bits per heavy atom. The number of carbonyl (C=O) groups excluding carboxylic acids is 1. The number of ether oxygens (including phenoxy) is 1. The van der Waals surface area contributed by atoms with Crippen molar-refractivity contribution in [3.63, 3.8) is 0 Å². The van der Waals surface area contributed by atoms with Gasteiger partial charge in [-0.05, 0) is 13.8 Å². The van der Waals surface area contributed by atoms with Gasteiger partial charge in [0.15, 0.2) is 0 Å². The van der Waals surface area contributed by atoms with Crippen molar-refractivity contribution in [2.24, 2.45) is 4.99 Å². The van der Waals surface area contributed by atoms with Crippen LogP contribution < -0.4 is 10.6 Å². The normalized spacial score (nSPS) is 14.5. The summed E-state index contributed by atoms with van der Waals surface area (Å²) in [4.78, 5) is 14.6. The van der Waals surface area contributed by atoms with Crippen LogP contribution in [-0.4, -0.2) is 49.4 Å². The van der Waals surface area contributed by atoms with Crippen molar-refractivity contribution in [1.29, 1.82) is 0 Å². The predicted molar refractivity (Wildman–Crippen MR) is 67.2 cm³/mol. The van der Waals surface area contributed by atoms with E-state index in [1.165, 1.54) is 6.21 Å². The van der Waals surface area contributed by atoms with Crippen LogP contribution in [-0.2, 0) is 4.74 Å². The molecule has 0 aromatic rings. The summed E-state index contributed by atoms with van der Waals surface area (Å²) in [5, 5.41) is 15.0. The van der Waals surface area contributed by atoms with Crippen molar-refractivity contribution < 1.29 is 14.6 Å². The average molecular weight is 243 g/mol. The summed E-state index contributed by atoms with van der Waals surface area (Å²) in [6.45, 7) is 7.90. The number of carbonyl (C=O) groups is 1. The van der Waals surface area contributed by atoms with Crippen molar-refractivity contribution in [2.75, 3.05) is 19.8 Å². The molecule has 3 N–H and O–H groups in total. The van der Waals surface area contributed by atoms with E-state index in [-0.39, 0.29) is 12.8 Å². The van der Waals surface area contributed by atoms with Gasteiger partial charge >= 0.3 is 6.03 Å². The third-order valence-corrected chi connectivity index (χ3v) is 1.79. The Kier molecular flexibility index (Phi) is 9.22. The second-order valence-electron chi connectivity index (χ2n) is 3.45. The molecule has 0 aliphatic heterocycles. The fraction of sp³-hybridized carbons (Fsp3) is 0.636. The zero-order chi connectivity index (χ0) is 13.1. The molecule has 2 amide bonds. The van der Waals surface area contributed by atoms with Gasteiger partial charge in [-0.25, -0.2) is 9.79 Å². The highest BCUT2D eigenvalue weighted by atomic mass is 16.5. The Hall–Kier alpha value is -1.24. The lowest BCUT2D eigenvalue weighted by molar-refractivity contribution is 0.0478. The summed E-state index contributed by atoms with van der Waals surface area (Å²) >= 11 is 0. The number of nitrogens with zero attached hydrogens (tertiary/aromatic N) is 1. The first-order chi connectivity index (χ1) is 8.10. The van der Waals surface area contributed by atoms with Gasteiger partial charge in [-0.15, -0.1) is 6.58 Å². The van der Waals surface area contributed by atoms with Gasteiger partial charge in [0.25, 0.3) is 0 Å². The molecule has 0 saturated carbocycles. The highest BCUT2D eigenvalue weighted by Gasteiger charge is 2.08. The fourth-order valence-electron chi connectivity index (χ4n) is 1.05. The van der Waals surface area contributed by atoms with Crippen LogP contribution in [0.1, 0.15) is 13.8 Å². The Morgan fingerprint density at radius 2 is 2.35 bits per heavy atom. The van der Waals surface area contributed by atoms with Gasteiger partial charge in [0.2, 0.25) is 0 Å². The average Bonchev–Trinajstić information content (AvgIpc) is 2.27. The van der Waals surface area contributed by atoms with Crippen LogP contribution in [0.3, 0.4) is 0 Å². The van der Waals surface area contributed by atoms with Crippen LogP contribution >= 0.6 is 0 Å². The van der Waals surface area contributed by atoms with Crippen molar-refractivity contribution >= 4 is 12.2 Å². The van der Waals surface area contributed by atoms with Crippen LogP contribution in [0.5, 0.6) is 0 Å². The second-order valence-corrected chi connectivity index (χ2v) is 3.45. The van der Waals surface area contributed by atoms with Crippen molar-refractivity contribution in [3.05, 3.63) is 12.7 Å². The van der Waals surface area contributed by atoms with Crippen LogP contribution in [0.25, 0.3) is 0 Å². The molecule has 2 unspecified atom stereocenters. The van der Waals surface area contributed by atoms with E-state index in [1.54, 1.807) is 19.9 Å². The molecule has 0 rings (SSSR count).